The molecule has 5 heteroatoms. The number of aromatic nitrogens is 2. The predicted octanol–water partition coefficient (Wildman–Crippen LogP) is 4.55. The minimum Gasteiger partial charge on any atom is -0.310 e. The van der Waals surface area contributed by atoms with Gasteiger partial charge in [0.1, 0.15) is 17.2 Å². The first kappa shape index (κ1) is 15.6. The molecular formula is C20H17N3OS. The average Bonchev–Trinajstić information content (AvgIpc) is 3.23. The molecule has 0 radical (unpaired) electrons. The van der Waals surface area contributed by atoms with Gasteiger partial charge in [0.25, 0.3) is 0 Å². The first-order valence-electron chi connectivity index (χ1n) is 8.07. The van der Waals surface area contributed by atoms with Gasteiger partial charge in [0.05, 0.1) is 6.42 Å². The van der Waals surface area contributed by atoms with Gasteiger partial charge in [0, 0.05) is 16.6 Å². The smallest absolute Gasteiger partial charge is 0.230 e. The fourth-order valence-corrected chi connectivity index (χ4v) is 3.51. The first-order chi connectivity index (χ1) is 12.2. The largest absolute Gasteiger partial charge is 0.310 e. The van der Waals surface area contributed by atoms with Gasteiger partial charge in [-0.3, -0.25) is 9.20 Å². The van der Waals surface area contributed by atoms with E-state index in [1.807, 2.05) is 77.5 Å². The number of fused-ring (bicyclic) bond motifs is 1. The predicted molar refractivity (Wildman–Crippen MR) is 102 cm³/mol. The van der Waals surface area contributed by atoms with Crippen molar-refractivity contribution in [3.05, 3.63) is 76.6 Å². The molecule has 124 valence electrons. The van der Waals surface area contributed by atoms with Gasteiger partial charge in [-0.1, -0.05) is 36.4 Å². The SMILES string of the molecule is Cc1ccn2c(NC(=O)Cc3cccs3)c(-c3ccccc3)nc2c1. The number of anilines is 1. The number of hydrogen-bond donors (Lipinski definition) is 1. The van der Waals surface area contributed by atoms with Gasteiger partial charge >= 0.3 is 0 Å². The van der Waals surface area contributed by atoms with E-state index in [-0.39, 0.29) is 5.91 Å². The molecule has 1 aromatic carbocycles. The van der Waals surface area contributed by atoms with E-state index in [9.17, 15) is 4.79 Å². The van der Waals surface area contributed by atoms with E-state index in [2.05, 4.69) is 5.32 Å². The fourth-order valence-electron chi connectivity index (χ4n) is 2.81. The second-order valence-electron chi connectivity index (χ2n) is 5.91. The lowest BCUT2D eigenvalue weighted by atomic mass is 10.1. The summed E-state index contributed by atoms with van der Waals surface area (Å²) >= 11 is 1.59. The Morgan fingerprint density at radius 1 is 1.16 bits per heavy atom. The van der Waals surface area contributed by atoms with Crippen molar-refractivity contribution >= 4 is 28.7 Å². The number of nitrogens with zero attached hydrogens (tertiary/aromatic N) is 2. The molecule has 0 aliphatic carbocycles. The number of nitrogens with one attached hydrogen (secondary N) is 1. The summed E-state index contributed by atoms with van der Waals surface area (Å²) in [5.74, 6) is 0.671. The molecule has 1 amide bonds. The highest BCUT2D eigenvalue weighted by Crippen LogP contribution is 2.29. The van der Waals surface area contributed by atoms with Gasteiger partial charge < -0.3 is 5.32 Å². The van der Waals surface area contributed by atoms with Crippen molar-refractivity contribution in [1.82, 2.24) is 9.38 Å². The number of rotatable bonds is 4. The molecule has 0 spiro atoms. The summed E-state index contributed by atoms with van der Waals surface area (Å²) in [5, 5.41) is 5.04. The molecule has 0 unspecified atom stereocenters. The van der Waals surface area contributed by atoms with Crippen LogP contribution in [0.3, 0.4) is 0 Å². The second kappa shape index (κ2) is 6.53. The van der Waals surface area contributed by atoms with Crippen LogP contribution in [0.1, 0.15) is 10.4 Å². The summed E-state index contributed by atoms with van der Waals surface area (Å²) in [6, 6.07) is 17.9. The number of thiophene rings is 1. The lowest BCUT2D eigenvalue weighted by molar-refractivity contribution is -0.115. The number of carbonyl (C=O) groups excluding carboxylic acids is 1. The van der Waals surface area contributed by atoms with Gasteiger partial charge in [-0.05, 0) is 36.1 Å². The molecule has 0 atom stereocenters. The Morgan fingerprint density at radius 2 is 2.00 bits per heavy atom. The van der Waals surface area contributed by atoms with Crippen molar-refractivity contribution in [1.29, 1.82) is 0 Å². The molecule has 3 aromatic heterocycles. The number of aryl methyl sites for hydroxylation is 1. The van der Waals surface area contributed by atoms with Crippen LogP contribution in [0.5, 0.6) is 0 Å². The topological polar surface area (TPSA) is 46.4 Å². The molecule has 25 heavy (non-hydrogen) atoms. The molecule has 4 rings (SSSR count). The number of imidazole rings is 1. The van der Waals surface area contributed by atoms with Crippen molar-refractivity contribution in [2.24, 2.45) is 0 Å². The van der Waals surface area contributed by atoms with Gasteiger partial charge in [0.2, 0.25) is 5.91 Å². The summed E-state index contributed by atoms with van der Waals surface area (Å²) in [4.78, 5) is 18.3. The Bertz CT molecular complexity index is 1020. The monoisotopic (exact) mass is 347 g/mol. The third-order valence-electron chi connectivity index (χ3n) is 4.00. The summed E-state index contributed by atoms with van der Waals surface area (Å²) in [7, 11) is 0. The quantitative estimate of drug-likeness (QED) is 0.588. The maximum atomic E-state index is 12.5. The molecular weight excluding hydrogens is 330 g/mol. The van der Waals surface area contributed by atoms with Crippen molar-refractivity contribution in [3.63, 3.8) is 0 Å². The summed E-state index contributed by atoms with van der Waals surface area (Å²) < 4.78 is 1.93. The van der Waals surface area contributed by atoms with Gasteiger partial charge in [-0.2, -0.15) is 0 Å². The van der Waals surface area contributed by atoms with E-state index >= 15 is 0 Å². The molecule has 0 saturated heterocycles. The van der Waals surface area contributed by atoms with Crippen LogP contribution in [0.15, 0.2) is 66.2 Å². The highest BCUT2D eigenvalue weighted by atomic mass is 32.1. The Balaban J connectivity index is 1.76. The number of amides is 1. The molecule has 4 aromatic rings. The fraction of sp³-hybridized carbons (Fsp3) is 0.100. The normalized spacial score (nSPS) is 10.9. The third-order valence-corrected chi connectivity index (χ3v) is 4.88. The maximum Gasteiger partial charge on any atom is 0.230 e. The van der Waals surface area contributed by atoms with E-state index in [0.717, 1.165) is 27.3 Å². The second-order valence-corrected chi connectivity index (χ2v) is 6.94. The van der Waals surface area contributed by atoms with Crippen LogP contribution in [-0.4, -0.2) is 15.3 Å². The van der Waals surface area contributed by atoms with E-state index in [0.29, 0.717) is 12.2 Å². The number of hydrogen-bond acceptors (Lipinski definition) is 3. The van der Waals surface area contributed by atoms with E-state index < -0.39 is 0 Å². The van der Waals surface area contributed by atoms with Crippen molar-refractivity contribution < 1.29 is 4.79 Å². The Labute approximate surface area is 149 Å². The minimum absolute atomic E-state index is 0.0398. The molecule has 0 aliphatic rings. The maximum absolute atomic E-state index is 12.5. The van der Waals surface area contributed by atoms with Crippen molar-refractivity contribution in [2.75, 3.05) is 5.32 Å². The first-order valence-corrected chi connectivity index (χ1v) is 8.95. The van der Waals surface area contributed by atoms with E-state index in [4.69, 9.17) is 4.98 Å². The standard InChI is InChI=1S/C20H17N3OS/c1-14-9-10-23-17(12-14)21-19(15-6-3-2-4-7-15)20(23)22-18(24)13-16-8-5-11-25-16/h2-12H,13H2,1H3,(H,22,24). The molecule has 0 bridgehead atoms. The molecule has 3 heterocycles. The highest BCUT2D eigenvalue weighted by Gasteiger charge is 2.16. The lowest BCUT2D eigenvalue weighted by Gasteiger charge is -2.07. The highest BCUT2D eigenvalue weighted by molar-refractivity contribution is 7.10. The zero-order chi connectivity index (χ0) is 17.2. The van der Waals surface area contributed by atoms with Gasteiger partial charge in [-0.25, -0.2) is 4.98 Å². The zero-order valence-corrected chi connectivity index (χ0v) is 14.6. The molecule has 0 saturated carbocycles. The van der Waals surface area contributed by atoms with Gasteiger partial charge in [-0.15, -0.1) is 11.3 Å². The number of pyridine rings is 1. The zero-order valence-electron chi connectivity index (χ0n) is 13.8. The summed E-state index contributed by atoms with van der Waals surface area (Å²) in [6.45, 7) is 2.03. The van der Waals surface area contributed by atoms with Crippen LogP contribution < -0.4 is 5.32 Å². The van der Waals surface area contributed by atoms with Crippen molar-refractivity contribution in [3.8, 4) is 11.3 Å². The lowest BCUT2D eigenvalue weighted by Crippen LogP contribution is -2.15. The summed E-state index contributed by atoms with van der Waals surface area (Å²) in [5.41, 5.74) is 3.72. The summed E-state index contributed by atoms with van der Waals surface area (Å²) in [6.07, 6.45) is 2.32. The number of carbonyl (C=O) groups is 1. The molecule has 1 N–H and O–H groups in total. The van der Waals surface area contributed by atoms with Crippen LogP contribution in [0.25, 0.3) is 16.9 Å². The van der Waals surface area contributed by atoms with Crippen LogP contribution in [0, 0.1) is 6.92 Å². The average molecular weight is 347 g/mol. The molecule has 0 fully saturated rings. The Kier molecular flexibility index (Phi) is 4.07. The molecule has 0 aliphatic heterocycles. The van der Waals surface area contributed by atoms with Gasteiger partial charge in [0.15, 0.2) is 0 Å². The third kappa shape index (κ3) is 3.19. The number of benzene rings is 1. The Hall–Kier alpha value is -2.92. The van der Waals surface area contributed by atoms with Crippen LogP contribution in [0.2, 0.25) is 0 Å². The molecule has 4 nitrogen and oxygen atoms in total. The van der Waals surface area contributed by atoms with Crippen LogP contribution in [0.4, 0.5) is 5.82 Å². The minimum atomic E-state index is -0.0398. The van der Waals surface area contributed by atoms with Crippen LogP contribution in [-0.2, 0) is 11.2 Å². The van der Waals surface area contributed by atoms with E-state index in [1.54, 1.807) is 11.3 Å². The van der Waals surface area contributed by atoms with E-state index in [1.165, 1.54) is 0 Å². The Morgan fingerprint density at radius 3 is 2.76 bits per heavy atom. The van der Waals surface area contributed by atoms with Crippen molar-refractivity contribution in [2.45, 2.75) is 13.3 Å². The van der Waals surface area contributed by atoms with Crippen LogP contribution >= 0.6 is 11.3 Å².